The van der Waals surface area contributed by atoms with E-state index in [4.69, 9.17) is 0 Å². The van der Waals surface area contributed by atoms with Gasteiger partial charge in [-0.1, -0.05) is 23.8 Å². The molecule has 96 valence electrons. The third-order valence-corrected chi connectivity index (χ3v) is 3.80. The Balaban J connectivity index is 1.73. The van der Waals surface area contributed by atoms with Gasteiger partial charge in [0.2, 0.25) is 0 Å². The van der Waals surface area contributed by atoms with Gasteiger partial charge in [-0.25, -0.2) is 5.01 Å². The van der Waals surface area contributed by atoms with Gasteiger partial charge in [-0.3, -0.25) is 9.69 Å². The number of aryl methyl sites for hydroxylation is 1. The molecular formula is C14H13N3OS. The summed E-state index contributed by atoms with van der Waals surface area (Å²) >= 11 is 1.45. The summed E-state index contributed by atoms with van der Waals surface area (Å²) in [6, 6.07) is 11.8. The molecule has 1 aliphatic heterocycles. The Morgan fingerprint density at radius 1 is 1.26 bits per heavy atom. The van der Waals surface area contributed by atoms with Crippen molar-refractivity contribution in [2.24, 2.45) is 5.10 Å². The second-order valence-electron chi connectivity index (χ2n) is 4.36. The van der Waals surface area contributed by atoms with E-state index in [2.05, 4.69) is 5.10 Å². The van der Waals surface area contributed by atoms with Gasteiger partial charge in [-0.05, 0) is 30.5 Å². The minimum absolute atomic E-state index is 0.00615. The average Bonchev–Trinajstić information content (AvgIpc) is 3.10. The molecule has 19 heavy (non-hydrogen) atoms. The zero-order valence-corrected chi connectivity index (χ0v) is 11.3. The fourth-order valence-electron chi connectivity index (χ4n) is 1.87. The summed E-state index contributed by atoms with van der Waals surface area (Å²) in [6.45, 7) is 2.50. The van der Waals surface area contributed by atoms with E-state index >= 15 is 0 Å². The minimum atomic E-state index is -0.00615. The van der Waals surface area contributed by atoms with Gasteiger partial charge in [0.15, 0.2) is 0 Å². The van der Waals surface area contributed by atoms with Crippen molar-refractivity contribution in [3.63, 3.8) is 0 Å². The van der Waals surface area contributed by atoms with Crippen molar-refractivity contribution in [1.82, 2.24) is 4.90 Å². The van der Waals surface area contributed by atoms with Crippen LogP contribution < -0.4 is 5.01 Å². The Morgan fingerprint density at radius 3 is 2.74 bits per heavy atom. The summed E-state index contributed by atoms with van der Waals surface area (Å²) in [5.74, 6) is -0.00615. The molecule has 3 rings (SSSR count). The van der Waals surface area contributed by atoms with Crippen LogP contribution in [0, 0.1) is 6.92 Å². The van der Waals surface area contributed by atoms with Crippen molar-refractivity contribution in [2.45, 2.75) is 6.92 Å². The first-order valence-electron chi connectivity index (χ1n) is 5.97. The maximum Gasteiger partial charge on any atom is 0.270 e. The van der Waals surface area contributed by atoms with E-state index in [1.54, 1.807) is 11.2 Å². The summed E-state index contributed by atoms with van der Waals surface area (Å²) in [4.78, 5) is 14.5. The first-order valence-corrected chi connectivity index (χ1v) is 6.85. The molecule has 1 aromatic carbocycles. The highest BCUT2D eigenvalue weighted by Gasteiger charge is 2.22. The summed E-state index contributed by atoms with van der Waals surface area (Å²) < 4.78 is 0. The number of hydrazone groups is 1. The number of nitrogens with zero attached hydrogens (tertiary/aromatic N) is 3. The third-order valence-electron chi connectivity index (χ3n) is 2.94. The number of anilines is 1. The highest BCUT2D eigenvalue weighted by atomic mass is 32.1. The van der Waals surface area contributed by atoms with E-state index in [1.807, 2.05) is 53.7 Å². The van der Waals surface area contributed by atoms with Gasteiger partial charge in [0.25, 0.3) is 5.91 Å². The Labute approximate surface area is 115 Å². The van der Waals surface area contributed by atoms with E-state index in [0.29, 0.717) is 6.67 Å². The van der Waals surface area contributed by atoms with E-state index in [0.717, 1.165) is 10.6 Å². The Kier molecular flexibility index (Phi) is 3.05. The molecule has 1 amide bonds. The highest BCUT2D eigenvalue weighted by molar-refractivity contribution is 7.12. The second-order valence-corrected chi connectivity index (χ2v) is 5.31. The standard InChI is InChI=1S/C14H13N3OS/c1-11-4-6-12(7-5-11)17-10-16(9-15-17)14(18)13-3-2-8-19-13/h2-9H,10H2,1H3. The van der Waals surface area contributed by atoms with Crippen LogP contribution >= 0.6 is 11.3 Å². The van der Waals surface area contributed by atoms with Crippen LogP contribution in [0.2, 0.25) is 0 Å². The monoisotopic (exact) mass is 271 g/mol. The number of rotatable bonds is 2. The molecule has 4 nitrogen and oxygen atoms in total. The highest BCUT2D eigenvalue weighted by Crippen LogP contribution is 2.20. The van der Waals surface area contributed by atoms with Crippen LogP contribution in [0.1, 0.15) is 15.2 Å². The smallest absolute Gasteiger partial charge is 0.270 e. The first-order chi connectivity index (χ1) is 9.24. The van der Waals surface area contributed by atoms with Crippen molar-refractivity contribution >= 4 is 29.3 Å². The van der Waals surface area contributed by atoms with Crippen LogP contribution in [0.5, 0.6) is 0 Å². The quantitative estimate of drug-likeness (QED) is 0.842. The van der Waals surface area contributed by atoms with E-state index in [9.17, 15) is 4.79 Å². The maximum atomic E-state index is 12.2. The molecule has 2 aromatic rings. The molecule has 0 saturated carbocycles. The van der Waals surface area contributed by atoms with Gasteiger partial charge in [0.1, 0.15) is 13.0 Å². The molecule has 1 aliphatic rings. The molecule has 2 heterocycles. The van der Waals surface area contributed by atoms with Crippen LogP contribution in [-0.4, -0.2) is 23.8 Å². The number of hydrogen-bond acceptors (Lipinski definition) is 4. The molecule has 1 aromatic heterocycles. The van der Waals surface area contributed by atoms with Crippen LogP contribution in [0.15, 0.2) is 46.9 Å². The Bertz CT molecular complexity index is 604. The Morgan fingerprint density at radius 2 is 2.05 bits per heavy atom. The van der Waals surface area contributed by atoms with E-state index in [-0.39, 0.29) is 5.91 Å². The lowest BCUT2D eigenvalue weighted by molar-refractivity contribution is 0.0865. The predicted molar refractivity (Wildman–Crippen MR) is 77.5 cm³/mol. The predicted octanol–water partition coefficient (Wildman–Crippen LogP) is 2.92. The summed E-state index contributed by atoms with van der Waals surface area (Å²) in [7, 11) is 0. The molecule has 0 radical (unpaired) electrons. The van der Waals surface area contributed by atoms with Crippen molar-refractivity contribution in [3.05, 3.63) is 52.2 Å². The minimum Gasteiger partial charge on any atom is -0.276 e. The van der Waals surface area contributed by atoms with Crippen LogP contribution in [-0.2, 0) is 0 Å². The fraction of sp³-hybridized carbons (Fsp3) is 0.143. The van der Waals surface area contributed by atoms with Gasteiger partial charge in [0, 0.05) is 0 Å². The van der Waals surface area contributed by atoms with Gasteiger partial charge >= 0.3 is 0 Å². The zero-order valence-electron chi connectivity index (χ0n) is 10.5. The lowest BCUT2D eigenvalue weighted by Crippen LogP contribution is -2.31. The van der Waals surface area contributed by atoms with Gasteiger partial charge in [-0.15, -0.1) is 11.3 Å². The number of thiophene rings is 1. The number of benzene rings is 1. The molecule has 0 N–H and O–H groups in total. The van der Waals surface area contributed by atoms with Crippen LogP contribution in [0.25, 0.3) is 0 Å². The fourth-order valence-corrected chi connectivity index (χ4v) is 2.54. The topological polar surface area (TPSA) is 35.9 Å². The molecule has 5 heteroatoms. The largest absolute Gasteiger partial charge is 0.276 e. The molecule has 0 atom stereocenters. The van der Waals surface area contributed by atoms with Crippen molar-refractivity contribution in [1.29, 1.82) is 0 Å². The van der Waals surface area contributed by atoms with Crippen molar-refractivity contribution in [2.75, 3.05) is 11.7 Å². The van der Waals surface area contributed by atoms with Crippen molar-refractivity contribution < 1.29 is 4.79 Å². The molecule has 0 saturated heterocycles. The lowest BCUT2D eigenvalue weighted by atomic mass is 10.2. The maximum absolute atomic E-state index is 12.2. The average molecular weight is 271 g/mol. The molecular weight excluding hydrogens is 258 g/mol. The summed E-state index contributed by atoms with van der Waals surface area (Å²) in [5.41, 5.74) is 2.20. The lowest BCUT2D eigenvalue weighted by Gasteiger charge is -2.17. The second kappa shape index (κ2) is 4.85. The van der Waals surface area contributed by atoms with E-state index < -0.39 is 0 Å². The van der Waals surface area contributed by atoms with Crippen LogP contribution in [0.3, 0.4) is 0 Å². The summed E-state index contributed by atoms with van der Waals surface area (Å²) in [6.07, 6.45) is 1.59. The number of hydrogen-bond donors (Lipinski definition) is 0. The SMILES string of the molecule is Cc1ccc(N2CN(C(=O)c3cccs3)C=N2)cc1. The van der Waals surface area contributed by atoms with Gasteiger partial charge in [-0.2, -0.15) is 5.10 Å². The molecule has 0 spiro atoms. The molecule has 0 aliphatic carbocycles. The van der Waals surface area contributed by atoms with Gasteiger partial charge < -0.3 is 0 Å². The first kappa shape index (κ1) is 11.9. The Hall–Kier alpha value is -2.14. The number of carbonyl (C=O) groups is 1. The van der Waals surface area contributed by atoms with E-state index in [1.165, 1.54) is 16.9 Å². The van der Waals surface area contributed by atoms with Gasteiger partial charge in [0.05, 0.1) is 10.6 Å². The van der Waals surface area contributed by atoms with Crippen LogP contribution in [0.4, 0.5) is 5.69 Å². The van der Waals surface area contributed by atoms with Crippen molar-refractivity contribution in [3.8, 4) is 0 Å². The third kappa shape index (κ3) is 2.37. The number of amides is 1. The zero-order chi connectivity index (χ0) is 13.2. The summed E-state index contributed by atoms with van der Waals surface area (Å²) in [5, 5.41) is 7.98. The molecule has 0 fully saturated rings. The molecule has 0 unspecified atom stereocenters. The molecule has 0 bridgehead atoms. The number of carbonyl (C=O) groups excluding carboxylic acids is 1. The normalized spacial score (nSPS) is 14.2.